The molecule has 1 aliphatic heterocycles. The number of nitrogen functional groups attached to an aromatic ring is 1. The van der Waals surface area contributed by atoms with E-state index >= 15 is 0 Å². The lowest BCUT2D eigenvalue weighted by Gasteiger charge is -2.27. The lowest BCUT2D eigenvalue weighted by molar-refractivity contribution is -0.0987. The first-order valence-electron chi connectivity index (χ1n) is 6.51. The largest absolute Gasteiger partial charge is 0.391 e. The number of nitrogens with zero attached hydrogens (tertiary/aromatic N) is 4. The number of hydrogen-bond donors (Lipinski definition) is 4. The Kier molecular flexibility index (Phi) is 3.10. The zero-order valence-corrected chi connectivity index (χ0v) is 11.6. The third-order valence-corrected chi connectivity index (χ3v) is 3.81. The first-order valence-corrected chi connectivity index (χ1v) is 6.51. The monoisotopic (exact) mass is 295 g/mol. The van der Waals surface area contributed by atoms with Crippen LogP contribution in [0.1, 0.15) is 20.1 Å². The second-order valence-corrected chi connectivity index (χ2v) is 5.45. The molecule has 0 aromatic carbocycles. The molecule has 0 amide bonds. The molecule has 1 aliphatic rings. The van der Waals surface area contributed by atoms with Crippen molar-refractivity contribution in [3.8, 4) is 0 Å². The zero-order valence-electron chi connectivity index (χ0n) is 11.6. The first-order chi connectivity index (χ1) is 9.84. The van der Waals surface area contributed by atoms with Crippen molar-refractivity contribution in [2.75, 3.05) is 5.73 Å². The Hall–Kier alpha value is -1.81. The molecule has 1 saturated heterocycles. The molecule has 3 heterocycles. The number of hydrogen-bond acceptors (Lipinski definition) is 8. The highest BCUT2D eigenvalue weighted by Gasteiger charge is 2.54. The summed E-state index contributed by atoms with van der Waals surface area (Å²) in [4.78, 5) is 12.0. The minimum atomic E-state index is -1.62. The summed E-state index contributed by atoms with van der Waals surface area (Å²) in [7, 11) is 0. The van der Waals surface area contributed by atoms with Crippen LogP contribution in [0.2, 0.25) is 0 Å². The van der Waals surface area contributed by atoms with Crippen LogP contribution in [-0.4, -0.2) is 58.8 Å². The van der Waals surface area contributed by atoms with Crippen LogP contribution in [0.5, 0.6) is 0 Å². The minimum absolute atomic E-state index is 0.212. The van der Waals surface area contributed by atoms with Crippen molar-refractivity contribution in [2.45, 2.75) is 44.0 Å². The molecular weight excluding hydrogens is 278 g/mol. The zero-order chi connectivity index (χ0) is 15.4. The molecule has 9 heteroatoms. The van der Waals surface area contributed by atoms with Gasteiger partial charge in [-0.3, -0.25) is 4.57 Å². The molecule has 3 rings (SSSR count). The molecule has 2 aromatic heterocycles. The van der Waals surface area contributed by atoms with Crippen molar-refractivity contribution in [1.29, 1.82) is 0 Å². The molecule has 5 N–H and O–H groups in total. The van der Waals surface area contributed by atoms with E-state index in [0.717, 1.165) is 0 Å². The fraction of sp³-hybridized carbons (Fsp3) is 0.583. The van der Waals surface area contributed by atoms with Crippen molar-refractivity contribution >= 4 is 17.0 Å². The van der Waals surface area contributed by atoms with E-state index in [0.29, 0.717) is 11.2 Å². The fourth-order valence-corrected chi connectivity index (χ4v) is 2.61. The highest BCUT2D eigenvalue weighted by atomic mass is 16.6. The maximum absolute atomic E-state index is 10.5. The van der Waals surface area contributed by atoms with Crippen molar-refractivity contribution in [3.05, 3.63) is 12.7 Å². The molecule has 2 aromatic rings. The third kappa shape index (κ3) is 1.97. The maximum Gasteiger partial charge on any atom is 0.168 e. The number of aromatic nitrogens is 4. The van der Waals surface area contributed by atoms with Gasteiger partial charge in [-0.1, -0.05) is 0 Å². The predicted molar refractivity (Wildman–Crippen MR) is 72.0 cm³/mol. The van der Waals surface area contributed by atoms with Crippen molar-refractivity contribution < 1.29 is 20.1 Å². The number of nitrogens with two attached hydrogens (primary N) is 1. The number of imidazole rings is 1. The highest BCUT2D eigenvalue weighted by Crippen LogP contribution is 2.40. The molecule has 0 saturated carbocycles. The van der Waals surface area contributed by atoms with E-state index in [-0.39, 0.29) is 5.82 Å². The Balaban J connectivity index is 2.08. The van der Waals surface area contributed by atoms with E-state index in [1.54, 1.807) is 0 Å². The van der Waals surface area contributed by atoms with Crippen LogP contribution in [0.4, 0.5) is 5.82 Å². The highest BCUT2D eigenvalue weighted by molar-refractivity contribution is 5.81. The summed E-state index contributed by atoms with van der Waals surface area (Å²) >= 11 is 0. The van der Waals surface area contributed by atoms with Crippen LogP contribution in [0.15, 0.2) is 12.7 Å². The van der Waals surface area contributed by atoms with E-state index < -0.39 is 30.1 Å². The molecule has 0 radical (unpaired) electrons. The predicted octanol–water partition coefficient (Wildman–Crippen LogP) is -1.20. The van der Waals surface area contributed by atoms with E-state index in [2.05, 4.69) is 15.0 Å². The summed E-state index contributed by atoms with van der Waals surface area (Å²) < 4.78 is 7.09. The van der Waals surface area contributed by atoms with Crippen LogP contribution in [-0.2, 0) is 4.74 Å². The summed E-state index contributed by atoms with van der Waals surface area (Å²) in [6, 6.07) is 0. The van der Waals surface area contributed by atoms with Gasteiger partial charge in [0.1, 0.15) is 29.7 Å². The topological polar surface area (TPSA) is 140 Å². The Morgan fingerprint density at radius 2 is 2.14 bits per heavy atom. The molecular formula is C12H17N5O4. The molecule has 5 atom stereocenters. The summed E-state index contributed by atoms with van der Waals surface area (Å²) in [6.07, 6.45) is -1.37. The fourth-order valence-electron chi connectivity index (χ4n) is 2.61. The number of aliphatic hydroxyl groups excluding tert-OH is 2. The Labute approximate surface area is 120 Å². The summed E-state index contributed by atoms with van der Waals surface area (Å²) in [5.74, 6) is 0.212. The maximum atomic E-state index is 10.5. The Morgan fingerprint density at radius 1 is 1.43 bits per heavy atom. The molecule has 0 aliphatic carbocycles. The smallest absolute Gasteiger partial charge is 0.168 e. The molecule has 1 fully saturated rings. The molecule has 9 nitrogen and oxygen atoms in total. The van der Waals surface area contributed by atoms with Gasteiger partial charge in [0.05, 0.1) is 12.4 Å². The minimum Gasteiger partial charge on any atom is -0.391 e. The number of fused-ring (bicyclic) bond motifs is 1. The van der Waals surface area contributed by atoms with Crippen LogP contribution in [0.25, 0.3) is 11.2 Å². The standard InChI is InChI=1S/C12H17N5O4/c1-5(18)7-8(19)12(2,20)11(21-7)17-4-16-6-9(13)14-3-15-10(6)17/h3-5,7-8,11,18-20H,1-2H3,(H2,13,14,15). The number of aliphatic hydroxyl groups is 3. The lowest BCUT2D eigenvalue weighted by Crippen LogP contribution is -2.45. The third-order valence-electron chi connectivity index (χ3n) is 3.81. The van der Waals surface area contributed by atoms with Gasteiger partial charge in [-0.05, 0) is 13.8 Å². The quantitative estimate of drug-likeness (QED) is 0.541. The molecule has 0 spiro atoms. The normalized spacial score (nSPS) is 34.4. The van der Waals surface area contributed by atoms with Crippen LogP contribution in [0, 0.1) is 0 Å². The van der Waals surface area contributed by atoms with E-state index in [4.69, 9.17) is 10.5 Å². The molecule has 21 heavy (non-hydrogen) atoms. The van der Waals surface area contributed by atoms with Gasteiger partial charge in [0, 0.05) is 0 Å². The Bertz CT molecular complexity index is 671. The number of ether oxygens (including phenoxy) is 1. The molecule has 0 bridgehead atoms. The van der Waals surface area contributed by atoms with Gasteiger partial charge in [-0.25, -0.2) is 15.0 Å². The van der Waals surface area contributed by atoms with Gasteiger partial charge in [-0.15, -0.1) is 0 Å². The van der Waals surface area contributed by atoms with E-state index in [1.165, 1.54) is 31.1 Å². The van der Waals surface area contributed by atoms with Gasteiger partial charge in [0.15, 0.2) is 17.7 Å². The van der Waals surface area contributed by atoms with Crippen molar-refractivity contribution in [3.63, 3.8) is 0 Å². The van der Waals surface area contributed by atoms with Crippen LogP contribution in [0.3, 0.4) is 0 Å². The summed E-state index contributed by atoms with van der Waals surface area (Å²) in [5, 5.41) is 30.4. The second kappa shape index (κ2) is 4.60. The average molecular weight is 295 g/mol. The van der Waals surface area contributed by atoms with Crippen molar-refractivity contribution in [1.82, 2.24) is 19.5 Å². The van der Waals surface area contributed by atoms with Crippen molar-refractivity contribution in [2.24, 2.45) is 0 Å². The second-order valence-electron chi connectivity index (χ2n) is 5.45. The first kappa shape index (κ1) is 14.1. The Morgan fingerprint density at radius 3 is 2.76 bits per heavy atom. The van der Waals surface area contributed by atoms with E-state index in [9.17, 15) is 15.3 Å². The lowest BCUT2D eigenvalue weighted by atomic mass is 9.94. The molecule has 114 valence electrons. The van der Waals surface area contributed by atoms with Crippen LogP contribution >= 0.6 is 0 Å². The number of anilines is 1. The van der Waals surface area contributed by atoms with E-state index in [1.807, 2.05) is 0 Å². The summed E-state index contributed by atoms with van der Waals surface area (Å²) in [6.45, 7) is 2.92. The van der Waals surface area contributed by atoms with Gasteiger partial charge >= 0.3 is 0 Å². The summed E-state index contributed by atoms with van der Waals surface area (Å²) in [5.41, 5.74) is 4.87. The SMILES string of the molecule is CC(O)C1OC(n2cnc3c(N)ncnc32)C(C)(O)C1O. The van der Waals surface area contributed by atoms with Gasteiger partial charge in [0.25, 0.3) is 0 Å². The average Bonchev–Trinajstić information content (AvgIpc) is 2.92. The van der Waals surface area contributed by atoms with Gasteiger partial charge in [0.2, 0.25) is 0 Å². The van der Waals surface area contributed by atoms with Crippen LogP contribution < -0.4 is 5.73 Å². The van der Waals surface area contributed by atoms with Gasteiger partial charge in [-0.2, -0.15) is 0 Å². The van der Waals surface area contributed by atoms with Gasteiger partial charge < -0.3 is 25.8 Å². The number of rotatable bonds is 2. The molecule has 5 unspecified atom stereocenters.